The molecule has 34 heavy (non-hydrogen) atoms. The number of ether oxygens (including phenoxy) is 3. The lowest BCUT2D eigenvalue weighted by Crippen LogP contribution is -2.60. The molecule has 1 aliphatic rings. The number of carbonyl (C=O) groups excluding carboxylic acids is 4. The number of benzene rings is 1. The number of esters is 1. The molecule has 0 bridgehead atoms. The van der Waals surface area contributed by atoms with E-state index < -0.39 is 29.9 Å². The van der Waals surface area contributed by atoms with Crippen molar-refractivity contribution in [3.05, 3.63) is 35.5 Å². The van der Waals surface area contributed by atoms with E-state index in [1.807, 2.05) is 0 Å². The van der Waals surface area contributed by atoms with Gasteiger partial charge in [0.25, 0.3) is 5.91 Å². The van der Waals surface area contributed by atoms with Crippen LogP contribution in [-0.2, 0) is 25.5 Å². The number of hydrogen-bond acceptors (Lipinski definition) is 8. The van der Waals surface area contributed by atoms with Crippen molar-refractivity contribution in [2.75, 3.05) is 40.0 Å². The lowest BCUT2D eigenvalue weighted by molar-refractivity contribution is -0.157. The second-order valence-electron chi connectivity index (χ2n) is 7.52. The topological polar surface area (TPSA) is 141 Å². The average Bonchev–Trinajstić information content (AvgIpc) is 2.82. The number of methoxy groups -OCH3 is 1. The van der Waals surface area contributed by atoms with Gasteiger partial charge in [0.15, 0.2) is 0 Å². The monoisotopic (exact) mass is 472 g/mol. The molecule has 0 saturated carbocycles. The Kier molecular flexibility index (Phi) is 7.87. The van der Waals surface area contributed by atoms with Crippen LogP contribution in [0.15, 0.2) is 24.3 Å². The summed E-state index contributed by atoms with van der Waals surface area (Å²) in [7, 11) is 1.41. The van der Waals surface area contributed by atoms with Gasteiger partial charge in [0, 0.05) is 18.5 Å². The predicted octanol–water partition coefficient (Wildman–Crippen LogP) is 1.12. The van der Waals surface area contributed by atoms with Crippen molar-refractivity contribution < 1.29 is 33.4 Å². The van der Waals surface area contributed by atoms with E-state index in [0.717, 1.165) is 0 Å². The number of carbonyl (C=O) groups is 4. The van der Waals surface area contributed by atoms with Crippen LogP contribution in [-0.4, -0.2) is 84.7 Å². The molecule has 0 spiro atoms. The summed E-state index contributed by atoms with van der Waals surface area (Å²) in [6, 6.07) is 6.00. The summed E-state index contributed by atoms with van der Waals surface area (Å²) < 4.78 is 15.6. The Bertz CT molecular complexity index is 1100. The highest BCUT2D eigenvalue weighted by atomic mass is 16.6. The van der Waals surface area contributed by atoms with Crippen LogP contribution in [0, 0.1) is 0 Å². The fraction of sp³-hybridized carbons (Fsp3) is 0.435. The molecule has 11 nitrogen and oxygen atoms in total. The first-order chi connectivity index (χ1) is 16.3. The normalized spacial score (nSPS) is 15.7. The van der Waals surface area contributed by atoms with Crippen molar-refractivity contribution in [3.63, 3.8) is 0 Å². The van der Waals surface area contributed by atoms with E-state index in [1.165, 1.54) is 16.9 Å². The van der Waals surface area contributed by atoms with Crippen molar-refractivity contribution >= 4 is 34.8 Å². The minimum atomic E-state index is -1.02. The molecule has 182 valence electrons. The Morgan fingerprint density at radius 1 is 1.09 bits per heavy atom. The molecule has 11 heteroatoms. The number of para-hydroxylation sites is 1. The van der Waals surface area contributed by atoms with Crippen LogP contribution in [0.1, 0.15) is 29.9 Å². The number of rotatable bonds is 7. The third kappa shape index (κ3) is 5.03. The summed E-state index contributed by atoms with van der Waals surface area (Å²) in [4.78, 5) is 57.6. The molecule has 3 amide bonds. The largest absolute Gasteiger partial charge is 0.495 e. The van der Waals surface area contributed by atoms with Crippen LogP contribution >= 0.6 is 0 Å². The van der Waals surface area contributed by atoms with Gasteiger partial charge in [-0.3, -0.25) is 14.6 Å². The first-order valence-corrected chi connectivity index (χ1v) is 11.0. The maximum absolute atomic E-state index is 13.3. The number of amides is 3. The van der Waals surface area contributed by atoms with E-state index in [9.17, 15) is 19.2 Å². The minimum Gasteiger partial charge on any atom is -0.495 e. The van der Waals surface area contributed by atoms with Crippen LogP contribution in [0.3, 0.4) is 0 Å². The highest BCUT2D eigenvalue weighted by Crippen LogP contribution is 2.31. The quantitative estimate of drug-likeness (QED) is 0.591. The van der Waals surface area contributed by atoms with Gasteiger partial charge in [0.1, 0.15) is 17.4 Å². The molecule has 2 N–H and O–H groups in total. The summed E-state index contributed by atoms with van der Waals surface area (Å²) in [6.45, 7) is 3.83. The van der Waals surface area contributed by atoms with Gasteiger partial charge in [-0.2, -0.15) is 0 Å². The maximum Gasteiger partial charge on any atom is 0.409 e. The van der Waals surface area contributed by atoms with Gasteiger partial charge in [-0.1, -0.05) is 12.1 Å². The number of primary amides is 1. The number of fused-ring (bicyclic) bond motifs is 1. The summed E-state index contributed by atoms with van der Waals surface area (Å²) in [5, 5.41) is 0.586. The van der Waals surface area contributed by atoms with Crippen LogP contribution in [0.2, 0.25) is 0 Å². The molecular weight excluding hydrogens is 444 g/mol. The van der Waals surface area contributed by atoms with Gasteiger partial charge in [-0.25, -0.2) is 9.59 Å². The molecule has 1 aliphatic heterocycles. The molecule has 1 aromatic heterocycles. The van der Waals surface area contributed by atoms with Crippen molar-refractivity contribution in [3.8, 4) is 5.75 Å². The Morgan fingerprint density at radius 2 is 1.79 bits per heavy atom. The van der Waals surface area contributed by atoms with Gasteiger partial charge < -0.3 is 29.7 Å². The molecular formula is C23H28N4O7. The number of hydrogen-bond donors (Lipinski definition) is 1. The van der Waals surface area contributed by atoms with E-state index in [1.54, 1.807) is 38.1 Å². The van der Waals surface area contributed by atoms with Crippen LogP contribution in [0.5, 0.6) is 5.75 Å². The smallest absolute Gasteiger partial charge is 0.409 e. The zero-order valence-electron chi connectivity index (χ0n) is 19.4. The van der Waals surface area contributed by atoms with E-state index in [0.29, 0.717) is 10.9 Å². The van der Waals surface area contributed by atoms with Crippen molar-refractivity contribution in [2.24, 2.45) is 5.73 Å². The van der Waals surface area contributed by atoms with Crippen LogP contribution in [0.25, 0.3) is 10.9 Å². The third-order valence-corrected chi connectivity index (χ3v) is 5.47. The first-order valence-electron chi connectivity index (χ1n) is 11.0. The number of piperazine rings is 1. The van der Waals surface area contributed by atoms with Crippen molar-refractivity contribution in [1.82, 2.24) is 14.8 Å². The minimum absolute atomic E-state index is 0.00685. The van der Waals surface area contributed by atoms with E-state index in [2.05, 4.69) is 4.98 Å². The number of pyridine rings is 1. The van der Waals surface area contributed by atoms with Crippen LogP contribution in [0.4, 0.5) is 4.79 Å². The molecule has 1 fully saturated rings. The lowest BCUT2D eigenvalue weighted by atomic mass is 10.0. The molecule has 1 atom stereocenters. The number of aromatic nitrogens is 1. The first kappa shape index (κ1) is 24.7. The van der Waals surface area contributed by atoms with Gasteiger partial charge >= 0.3 is 12.1 Å². The second-order valence-corrected chi connectivity index (χ2v) is 7.52. The fourth-order valence-corrected chi connectivity index (χ4v) is 3.97. The van der Waals surface area contributed by atoms with Crippen molar-refractivity contribution in [1.29, 1.82) is 0 Å². The van der Waals surface area contributed by atoms with Crippen molar-refractivity contribution in [2.45, 2.75) is 26.3 Å². The average molecular weight is 472 g/mol. The highest BCUT2D eigenvalue weighted by Gasteiger charge is 2.39. The Morgan fingerprint density at radius 3 is 2.44 bits per heavy atom. The van der Waals surface area contributed by atoms with Gasteiger partial charge in [0.2, 0.25) is 5.91 Å². The molecule has 2 aromatic rings. The molecule has 1 saturated heterocycles. The summed E-state index contributed by atoms with van der Waals surface area (Å²) >= 11 is 0. The molecule has 2 heterocycles. The Hall–Kier alpha value is -3.89. The maximum atomic E-state index is 13.3. The standard InChI is InChI=1S/C23H28N4O7/c1-4-33-22(30)17-13-26(23(31)34-5-2)10-11-27(17)18(28)12-16-19(21(24)29)20(32-3)14-8-6-7-9-15(14)25-16/h6-9,17H,4-5,10-13H2,1-3H3,(H2,24,29). The summed E-state index contributed by atoms with van der Waals surface area (Å²) in [5.41, 5.74) is 6.29. The highest BCUT2D eigenvalue weighted by molar-refractivity contribution is 6.04. The fourth-order valence-electron chi connectivity index (χ4n) is 3.97. The molecule has 1 unspecified atom stereocenters. The van der Waals surface area contributed by atoms with E-state index in [-0.39, 0.29) is 56.3 Å². The van der Waals surface area contributed by atoms with Gasteiger partial charge in [0.05, 0.1) is 44.5 Å². The lowest BCUT2D eigenvalue weighted by Gasteiger charge is -2.39. The number of nitrogens with zero attached hydrogens (tertiary/aromatic N) is 3. The second kappa shape index (κ2) is 10.8. The predicted molar refractivity (Wildman–Crippen MR) is 121 cm³/mol. The Balaban J connectivity index is 1.94. The zero-order valence-corrected chi connectivity index (χ0v) is 19.4. The summed E-state index contributed by atoms with van der Waals surface area (Å²) in [6.07, 6.45) is -0.866. The zero-order chi connectivity index (χ0) is 24.8. The van der Waals surface area contributed by atoms with E-state index in [4.69, 9.17) is 19.9 Å². The molecule has 3 rings (SSSR count). The number of nitrogens with two attached hydrogens (primary N) is 1. The SMILES string of the molecule is CCOC(=O)C1CN(C(=O)OCC)CCN1C(=O)Cc1nc2ccccc2c(OC)c1C(N)=O. The third-order valence-electron chi connectivity index (χ3n) is 5.47. The molecule has 0 aliphatic carbocycles. The van der Waals surface area contributed by atoms with Crippen LogP contribution < -0.4 is 10.5 Å². The summed E-state index contributed by atoms with van der Waals surface area (Å²) in [5.74, 6) is -1.65. The van der Waals surface area contributed by atoms with Gasteiger partial charge in [-0.05, 0) is 26.0 Å². The van der Waals surface area contributed by atoms with Gasteiger partial charge in [-0.15, -0.1) is 0 Å². The molecule has 1 aromatic carbocycles. The Labute approximate surface area is 196 Å². The molecule has 0 radical (unpaired) electrons. The van der Waals surface area contributed by atoms with E-state index >= 15 is 0 Å².